The van der Waals surface area contributed by atoms with Gasteiger partial charge in [-0.05, 0) is 59.5 Å². The molecule has 6 heteroatoms. The average molecular weight is 704 g/mol. The Balaban J connectivity index is 1.16. The van der Waals surface area contributed by atoms with Crippen molar-refractivity contribution in [2.24, 2.45) is 0 Å². The van der Waals surface area contributed by atoms with E-state index in [0.717, 1.165) is 77.5 Å². The molecule has 1 aliphatic rings. The number of anilines is 3. The topological polar surface area (TPSA) is 60.0 Å². The van der Waals surface area contributed by atoms with Gasteiger partial charge in [0.25, 0.3) is 0 Å². The zero-order chi connectivity index (χ0) is 36.0. The Labute approximate surface area is 315 Å². The van der Waals surface area contributed by atoms with E-state index in [9.17, 15) is 0 Å². The van der Waals surface area contributed by atoms with Crippen molar-refractivity contribution in [2.75, 3.05) is 4.90 Å². The molecule has 1 aliphatic heterocycles. The summed E-state index contributed by atoms with van der Waals surface area (Å²) in [5, 5.41) is 6.76. The minimum Gasteiger partial charge on any atom is -0.455 e. The van der Waals surface area contributed by atoms with Gasteiger partial charge in [-0.2, -0.15) is 9.97 Å². The van der Waals surface area contributed by atoms with E-state index in [1.54, 1.807) is 0 Å². The van der Waals surface area contributed by atoms with Crippen LogP contribution in [0.25, 0.3) is 94.1 Å². The molecule has 0 aliphatic carbocycles. The summed E-state index contributed by atoms with van der Waals surface area (Å²) in [7, 11) is 0. The van der Waals surface area contributed by atoms with Gasteiger partial charge in [0.15, 0.2) is 11.6 Å². The van der Waals surface area contributed by atoms with Crippen molar-refractivity contribution in [3.05, 3.63) is 176 Å². The highest BCUT2D eigenvalue weighted by Gasteiger charge is 2.29. The lowest BCUT2D eigenvalue weighted by Gasteiger charge is -2.32. The third-order valence-electron chi connectivity index (χ3n) is 11.0. The van der Waals surface area contributed by atoms with Gasteiger partial charge in [0.1, 0.15) is 11.2 Å². The zero-order valence-corrected chi connectivity index (χ0v) is 29.4. The molecular weight excluding hydrogens is 675 g/mol. The molecule has 3 aromatic heterocycles. The lowest BCUT2D eigenvalue weighted by molar-refractivity contribution is 0.669. The number of hydrogen-bond acceptors (Lipinski definition) is 5. The van der Waals surface area contributed by atoms with Crippen molar-refractivity contribution in [1.82, 2.24) is 19.5 Å². The molecule has 4 heterocycles. The first-order valence-electron chi connectivity index (χ1n) is 18.5. The maximum absolute atomic E-state index is 6.56. The van der Waals surface area contributed by atoms with E-state index in [0.29, 0.717) is 17.6 Å². The average Bonchev–Trinajstić information content (AvgIpc) is 3.80. The fourth-order valence-electron chi connectivity index (χ4n) is 8.58. The standard InChI is InChI=1S/C49H29N5O/c1-2-15-32(16-3-1)53-40-23-7-4-17-33(40)35-28-27-31(29-43(35)53)47-50-48(39-22-12-21-38-36-19-6-9-26-44(36)55-46(38)39)52-49(51-47)54-41-24-8-5-18-34(41)37-20-10-13-30-14-11-25-42(54)45(30)37/h1-29H. The molecule has 0 atom stereocenters. The summed E-state index contributed by atoms with van der Waals surface area (Å²) in [5.74, 6) is 1.64. The summed E-state index contributed by atoms with van der Waals surface area (Å²) in [6, 6.07) is 61.4. The summed E-state index contributed by atoms with van der Waals surface area (Å²) in [4.78, 5) is 18.2. The van der Waals surface area contributed by atoms with E-state index in [2.05, 4.69) is 161 Å². The summed E-state index contributed by atoms with van der Waals surface area (Å²) in [6.45, 7) is 0. The van der Waals surface area contributed by atoms with Gasteiger partial charge in [0.05, 0.1) is 28.0 Å². The first-order valence-corrected chi connectivity index (χ1v) is 18.5. The third-order valence-corrected chi connectivity index (χ3v) is 11.0. The minimum atomic E-state index is 0.534. The van der Waals surface area contributed by atoms with Crippen molar-refractivity contribution in [1.29, 1.82) is 0 Å². The van der Waals surface area contributed by atoms with Crippen molar-refractivity contribution < 1.29 is 4.42 Å². The number of furan rings is 1. The number of benzene rings is 8. The number of fused-ring (bicyclic) bond motifs is 8. The molecule has 0 fully saturated rings. The molecular formula is C49H29N5O. The number of aromatic nitrogens is 4. The predicted molar refractivity (Wildman–Crippen MR) is 223 cm³/mol. The van der Waals surface area contributed by atoms with Crippen LogP contribution in [0.15, 0.2) is 180 Å². The second-order valence-electron chi connectivity index (χ2n) is 14.0. The minimum absolute atomic E-state index is 0.534. The van der Waals surface area contributed by atoms with Crippen LogP contribution in [0.4, 0.5) is 17.3 Å². The van der Waals surface area contributed by atoms with E-state index in [1.807, 2.05) is 24.3 Å². The number of hydrogen-bond donors (Lipinski definition) is 0. The molecule has 6 nitrogen and oxygen atoms in total. The highest BCUT2D eigenvalue weighted by Crippen LogP contribution is 2.50. The lowest BCUT2D eigenvalue weighted by Crippen LogP contribution is -2.18. The maximum atomic E-state index is 6.56. The highest BCUT2D eigenvalue weighted by molar-refractivity contribution is 6.14. The number of rotatable bonds is 4. The van der Waals surface area contributed by atoms with Crippen LogP contribution in [0.1, 0.15) is 0 Å². The fourth-order valence-corrected chi connectivity index (χ4v) is 8.58. The molecule has 0 saturated carbocycles. The molecule has 0 saturated heterocycles. The Hall–Kier alpha value is -7.57. The summed E-state index contributed by atoms with van der Waals surface area (Å²) < 4.78 is 8.88. The second kappa shape index (κ2) is 11.5. The normalized spacial score (nSPS) is 12.3. The first-order chi connectivity index (χ1) is 27.3. The second-order valence-corrected chi connectivity index (χ2v) is 14.0. The van der Waals surface area contributed by atoms with E-state index < -0.39 is 0 Å². The van der Waals surface area contributed by atoms with E-state index in [4.69, 9.17) is 19.4 Å². The summed E-state index contributed by atoms with van der Waals surface area (Å²) in [6.07, 6.45) is 0. The smallest absolute Gasteiger partial charge is 0.238 e. The highest BCUT2D eigenvalue weighted by atomic mass is 16.3. The monoisotopic (exact) mass is 703 g/mol. The van der Waals surface area contributed by atoms with Crippen LogP contribution >= 0.6 is 0 Å². The molecule has 8 aromatic carbocycles. The van der Waals surface area contributed by atoms with Crippen LogP contribution in [-0.2, 0) is 0 Å². The zero-order valence-electron chi connectivity index (χ0n) is 29.4. The van der Waals surface area contributed by atoms with Gasteiger partial charge in [-0.3, -0.25) is 4.90 Å². The van der Waals surface area contributed by atoms with Crippen molar-refractivity contribution in [3.63, 3.8) is 0 Å². The molecule has 11 aromatic rings. The Morgan fingerprint density at radius 3 is 2.04 bits per heavy atom. The van der Waals surface area contributed by atoms with Crippen molar-refractivity contribution in [3.8, 4) is 39.6 Å². The Morgan fingerprint density at radius 2 is 1.11 bits per heavy atom. The molecule has 0 amide bonds. The van der Waals surface area contributed by atoms with Crippen LogP contribution in [0.5, 0.6) is 0 Å². The van der Waals surface area contributed by atoms with Gasteiger partial charge in [-0.1, -0.05) is 127 Å². The van der Waals surface area contributed by atoms with Gasteiger partial charge >= 0.3 is 0 Å². The van der Waals surface area contributed by atoms with Gasteiger partial charge in [-0.15, -0.1) is 0 Å². The van der Waals surface area contributed by atoms with Crippen molar-refractivity contribution >= 4 is 71.8 Å². The maximum Gasteiger partial charge on any atom is 0.238 e. The molecule has 0 bridgehead atoms. The van der Waals surface area contributed by atoms with E-state index in [1.165, 1.54) is 16.3 Å². The molecule has 12 rings (SSSR count). The quantitative estimate of drug-likeness (QED) is 0.183. The Bertz CT molecular complexity index is 3340. The number of nitrogens with zero attached hydrogens (tertiary/aromatic N) is 5. The van der Waals surface area contributed by atoms with Gasteiger partial charge in [0.2, 0.25) is 5.95 Å². The van der Waals surface area contributed by atoms with Gasteiger partial charge in [-0.25, -0.2) is 4.98 Å². The number of para-hydroxylation sites is 5. The largest absolute Gasteiger partial charge is 0.455 e. The van der Waals surface area contributed by atoms with Crippen molar-refractivity contribution in [2.45, 2.75) is 0 Å². The third kappa shape index (κ3) is 4.39. The van der Waals surface area contributed by atoms with E-state index >= 15 is 0 Å². The van der Waals surface area contributed by atoms with Crippen LogP contribution in [-0.4, -0.2) is 19.5 Å². The predicted octanol–water partition coefficient (Wildman–Crippen LogP) is 12.8. The molecule has 0 spiro atoms. The Morgan fingerprint density at radius 1 is 0.436 bits per heavy atom. The molecule has 55 heavy (non-hydrogen) atoms. The van der Waals surface area contributed by atoms with Gasteiger partial charge in [0, 0.05) is 43.7 Å². The molecule has 256 valence electrons. The fraction of sp³-hybridized carbons (Fsp3) is 0. The van der Waals surface area contributed by atoms with Gasteiger partial charge < -0.3 is 8.98 Å². The summed E-state index contributed by atoms with van der Waals surface area (Å²) in [5.41, 5.74) is 10.9. The lowest BCUT2D eigenvalue weighted by atomic mass is 9.91. The molecule has 0 N–H and O–H groups in total. The van der Waals surface area contributed by atoms with E-state index in [-0.39, 0.29) is 0 Å². The summed E-state index contributed by atoms with van der Waals surface area (Å²) >= 11 is 0. The first kappa shape index (κ1) is 29.9. The van der Waals surface area contributed by atoms with Crippen LogP contribution in [0, 0.1) is 0 Å². The van der Waals surface area contributed by atoms with Crippen LogP contribution in [0.3, 0.4) is 0 Å². The SMILES string of the molecule is c1ccc(-n2c3ccccc3c3ccc(-c4nc(-c5cccc6c5oc5ccccc56)nc(N5c6ccccc6-c6cccc7cccc5c67)n4)cc32)cc1. The van der Waals surface area contributed by atoms with Crippen LogP contribution in [0.2, 0.25) is 0 Å². The Kier molecular flexibility index (Phi) is 6.24. The molecule has 0 radical (unpaired) electrons. The van der Waals surface area contributed by atoms with Crippen LogP contribution < -0.4 is 4.90 Å². The molecule has 0 unspecified atom stereocenters.